The number of benzene rings is 7. The van der Waals surface area contributed by atoms with Crippen LogP contribution >= 0.6 is 0 Å². The molecule has 0 unspecified atom stereocenters. The van der Waals surface area contributed by atoms with Gasteiger partial charge in [0, 0.05) is 22.1 Å². The van der Waals surface area contributed by atoms with Crippen LogP contribution < -0.4 is 10.6 Å². The Kier molecular flexibility index (Phi) is 12.4. The molecule has 4 N–H and O–H groups in total. The maximum Gasteiger partial charge on any atom is 0.340 e. The highest BCUT2D eigenvalue weighted by Crippen LogP contribution is 2.42. The van der Waals surface area contributed by atoms with Crippen LogP contribution in [0.15, 0.2) is 142 Å². The summed E-state index contributed by atoms with van der Waals surface area (Å²) in [5.41, 5.74) is 2.72. The molecular weight excluding hydrogens is 789 g/mol. The molecule has 0 spiro atoms. The van der Waals surface area contributed by atoms with E-state index in [2.05, 4.69) is 31.1 Å². The van der Waals surface area contributed by atoms with E-state index < -0.39 is 35.3 Å². The highest BCUT2D eigenvalue weighted by Gasteiger charge is 2.23. The third-order valence-electron chi connectivity index (χ3n) is 9.82. The zero-order chi connectivity index (χ0) is 43.9. The average Bonchev–Trinajstić information content (AvgIpc) is 3.27. The molecule has 0 heterocycles. The molecule has 0 aliphatic rings. The van der Waals surface area contributed by atoms with Crippen LogP contribution in [0.4, 0.5) is 34.1 Å². The van der Waals surface area contributed by atoms with Gasteiger partial charge in [-0.25, -0.2) is 9.59 Å². The molecular formula is C48H40N6O8. The number of phenolic OH excluding ortho intramolecular Hbond substituents is 2. The third kappa shape index (κ3) is 8.70. The number of nitrogens with one attached hydrogen (secondary N) is 2. The number of ether oxygens (including phenoxy) is 2. The number of rotatable bonds is 12. The van der Waals surface area contributed by atoms with Crippen LogP contribution in [-0.2, 0) is 9.47 Å². The summed E-state index contributed by atoms with van der Waals surface area (Å²) in [6, 6.07) is 33.6. The summed E-state index contributed by atoms with van der Waals surface area (Å²) in [5.74, 6) is -3.26. The molecule has 14 heteroatoms. The number of phenols is 2. The number of esters is 2. The standard InChI is InChI=1S/C48H40N6O8/c1-5-61-47(59)34-19-11-13-21-38(34)51-53-41-32-17-9-7-15-29(32)25-36(43(41)55)45(57)49-31-23-27(3)40(28(4)24-31)50-46(58)37-26-30-16-8-10-18-33(30)42(44(37)56)54-52-39-22-14-12-20-35(39)48(60)62-6-2/h7-26,55-56H,5-6H2,1-4H3,(H,49,57)(H,50,58). The van der Waals surface area contributed by atoms with Crippen molar-refractivity contribution in [3.05, 3.63) is 155 Å². The van der Waals surface area contributed by atoms with E-state index in [0.717, 1.165) is 0 Å². The number of anilines is 2. The fourth-order valence-corrected chi connectivity index (χ4v) is 6.89. The Morgan fingerprint density at radius 1 is 0.516 bits per heavy atom. The van der Waals surface area contributed by atoms with Crippen LogP contribution in [0.3, 0.4) is 0 Å². The van der Waals surface area contributed by atoms with Gasteiger partial charge in [-0.2, -0.15) is 0 Å². The van der Waals surface area contributed by atoms with E-state index in [4.69, 9.17) is 9.47 Å². The number of azo groups is 2. The first-order valence-electron chi connectivity index (χ1n) is 19.6. The van der Waals surface area contributed by atoms with Gasteiger partial charge in [0.15, 0.2) is 11.5 Å². The lowest BCUT2D eigenvalue weighted by Crippen LogP contribution is -2.16. The lowest BCUT2D eigenvalue weighted by Gasteiger charge is -2.16. The van der Waals surface area contributed by atoms with Crippen LogP contribution in [-0.4, -0.2) is 47.2 Å². The number of fused-ring (bicyclic) bond motifs is 2. The zero-order valence-corrected chi connectivity index (χ0v) is 34.1. The van der Waals surface area contributed by atoms with Crippen molar-refractivity contribution in [2.75, 3.05) is 23.8 Å². The van der Waals surface area contributed by atoms with Crippen molar-refractivity contribution >= 4 is 79.4 Å². The van der Waals surface area contributed by atoms with Gasteiger partial charge >= 0.3 is 11.9 Å². The number of hydrogen-bond acceptors (Lipinski definition) is 12. The molecule has 14 nitrogen and oxygen atoms in total. The molecule has 0 radical (unpaired) electrons. The normalized spacial score (nSPS) is 11.3. The monoisotopic (exact) mass is 828 g/mol. The van der Waals surface area contributed by atoms with Gasteiger partial charge in [-0.15, -0.1) is 20.5 Å². The zero-order valence-electron chi connectivity index (χ0n) is 34.1. The molecule has 0 saturated carbocycles. The van der Waals surface area contributed by atoms with Crippen molar-refractivity contribution in [2.24, 2.45) is 20.5 Å². The molecule has 0 aliphatic carbocycles. The summed E-state index contributed by atoms with van der Waals surface area (Å²) in [5, 5.41) is 48.2. The molecule has 0 bridgehead atoms. The first-order valence-corrected chi connectivity index (χ1v) is 19.6. The fourth-order valence-electron chi connectivity index (χ4n) is 6.89. The number of amides is 2. The lowest BCUT2D eigenvalue weighted by atomic mass is 10.0. The number of carbonyl (C=O) groups excluding carboxylic acids is 4. The second kappa shape index (κ2) is 18.3. The Balaban J connectivity index is 1.16. The smallest absolute Gasteiger partial charge is 0.340 e. The topological polar surface area (TPSA) is 201 Å². The van der Waals surface area contributed by atoms with E-state index in [9.17, 15) is 29.4 Å². The van der Waals surface area contributed by atoms with Gasteiger partial charge in [0.1, 0.15) is 22.7 Å². The molecule has 2 amide bonds. The fraction of sp³-hybridized carbons (Fsp3) is 0.125. The Morgan fingerprint density at radius 2 is 0.919 bits per heavy atom. The molecule has 7 aromatic carbocycles. The van der Waals surface area contributed by atoms with E-state index in [1.165, 1.54) is 0 Å². The van der Waals surface area contributed by atoms with Gasteiger partial charge in [0.05, 0.1) is 35.5 Å². The lowest BCUT2D eigenvalue weighted by molar-refractivity contribution is 0.0517. The molecule has 0 fully saturated rings. The summed E-state index contributed by atoms with van der Waals surface area (Å²) in [6.45, 7) is 7.24. The van der Waals surface area contributed by atoms with Crippen molar-refractivity contribution in [3.63, 3.8) is 0 Å². The van der Waals surface area contributed by atoms with Crippen molar-refractivity contribution < 1.29 is 38.9 Å². The molecule has 0 atom stereocenters. The van der Waals surface area contributed by atoms with Crippen LogP contribution in [0.5, 0.6) is 11.5 Å². The molecule has 310 valence electrons. The van der Waals surface area contributed by atoms with E-state index >= 15 is 0 Å². The van der Waals surface area contributed by atoms with E-state index in [0.29, 0.717) is 44.0 Å². The van der Waals surface area contributed by atoms with Crippen molar-refractivity contribution in [1.29, 1.82) is 0 Å². The predicted molar refractivity (Wildman–Crippen MR) is 236 cm³/mol. The van der Waals surface area contributed by atoms with E-state index in [1.807, 2.05) is 0 Å². The van der Waals surface area contributed by atoms with E-state index in [1.54, 1.807) is 149 Å². The molecule has 7 aromatic rings. The molecule has 0 aliphatic heterocycles. The molecule has 7 rings (SSSR count). The SMILES string of the molecule is CCOC(=O)c1ccccc1N=Nc1c(O)c(C(=O)Nc2cc(C)c(NC(=O)c3cc4ccccc4c(N=Nc4ccccc4C(=O)OCC)c3O)c(C)c2)cc2ccccc12. The van der Waals surface area contributed by atoms with Gasteiger partial charge < -0.3 is 30.3 Å². The van der Waals surface area contributed by atoms with E-state index in [-0.39, 0.29) is 58.2 Å². The Hall–Kier alpha value is -8.26. The van der Waals surface area contributed by atoms with Crippen LogP contribution in [0.2, 0.25) is 0 Å². The largest absolute Gasteiger partial charge is 0.505 e. The third-order valence-corrected chi connectivity index (χ3v) is 9.82. The first-order chi connectivity index (χ1) is 30.0. The van der Waals surface area contributed by atoms with Gasteiger partial charge in [-0.05, 0) is 98.1 Å². The van der Waals surface area contributed by atoms with Crippen LogP contribution in [0.25, 0.3) is 21.5 Å². The number of carbonyl (C=O) groups is 4. The Bertz CT molecular complexity index is 2960. The number of aryl methyl sites for hydroxylation is 2. The van der Waals surface area contributed by atoms with Gasteiger partial charge in [-0.3, -0.25) is 9.59 Å². The number of hydrogen-bond donors (Lipinski definition) is 4. The van der Waals surface area contributed by atoms with Crippen molar-refractivity contribution in [1.82, 2.24) is 0 Å². The minimum Gasteiger partial charge on any atom is -0.505 e. The summed E-state index contributed by atoms with van der Waals surface area (Å²) < 4.78 is 10.3. The highest BCUT2D eigenvalue weighted by molar-refractivity contribution is 6.14. The van der Waals surface area contributed by atoms with Gasteiger partial charge in [0.25, 0.3) is 11.8 Å². The quantitative estimate of drug-likeness (QED) is 0.0688. The maximum atomic E-state index is 13.9. The Labute approximate surface area is 355 Å². The first kappa shape index (κ1) is 41.9. The predicted octanol–water partition coefficient (Wildman–Crippen LogP) is 11.7. The highest BCUT2D eigenvalue weighted by atomic mass is 16.5. The molecule has 0 aromatic heterocycles. The minimum absolute atomic E-state index is 0.0281. The number of aromatic hydroxyl groups is 2. The number of nitrogens with zero attached hydrogens (tertiary/aromatic N) is 4. The summed E-state index contributed by atoms with van der Waals surface area (Å²) >= 11 is 0. The average molecular weight is 829 g/mol. The minimum atomic E-state index is -0.639. The Morgan fingerprint density at radius 3 is 1.37 bits per heavy atom. The van der Waals surface area contributed by atoms with Gasteiger partial charge in [0.2, 0.25) is 0 Å². The van der Waals surface area contributed by atoms with Gasteiger partial charge in [-0.1, -0.05) is 72.8 Å². The van der Waals surface area contributed by atoms with Crippen LogP contribution in [0.1, 0.15) is 66.4 Å². The van der Waals surface area contributed by atoms with Crippen molar-refractivity contribution in [2.45, 2.75) is 27.7 Å². The maximum absolute atomic E-state index is 13.9. The van der Waals surface area contributed by atoms with Crippen molar-refractivity contribution in [3.8, 4) is 11.5 Å². The molecule has 0 saturated heterocycles. The molecule has 62 heavy (non-hydrogen) atoms. The summed E-state index contributed by atoms with van der Waals surface area (Å²) in [7, 11) is 0. The summed E-state index contributed by atoms with van der Waals surface area (Å²) in [6.07, 6.45) is 0. The second-order valence-electron chi connectivity index (χ2n) is 14.0. The second-order valence-corrected chi connectivity index (χ2v) is 14.0. The summed E-state index contributed by atoms with van der Waals surface area (Å²) in [4.78, 5) is 52.9. The van der Waals surface area contributed by atoms with Crippen LogP contribution in [0, 0.1) is 13.8 Å².